The number of anilines is 1. The average Bonchev–Trinajstić information content (AvgIpc) is 2.73. The topological polar surface area (TPSA) is 84.9 Å². The number of halogens is 2. The molecule has 0 radical (unpaired) electrons. The van der Waals surface area contributed by atoms with Gasteiger partial charge in [-0.25, -0.2) is 8.42 Å². The highest BCUT2D eigenvalue weighted by Crippen LogP contribution is 2.31. The van der Waals surface area contributed by atoms with Crippen molar-refractivity contribution in [2.45, 2.75) is 31.5 Å². The van der Waals surface area contributed by atoms with Crippen LogP contribution in [0.2, 0.25) is 10.0 Å². The van der Waals surface area contributed by atoms with E-state index >= 15 is 0 Å². The predicted octanol–water partition coefficient (Wildman–Crippen LogP) is 4.19. The quantitative estimate of drug-likeness (QED) is 0.633. The number of hydrogen-bond acceptors (Lipinski definition) is 5. The number of morpholine rings is 1. The number of hydrogen-bond donors (Lipinski definition) is 1. The van der Waals surface area contributed by atoms with E-state index in [1.54, 1.807) is 18.2 Å². The first-order valence-corrected chi connectivity index (χ1v) is 12.0. The van der Waals surface area contributed by atoms with Crippen molar-refractivity contribution in [2.24, 2.45) is 0 Å². The minimum absolute atomic E-state index is 0.0155. The van der Waals surface area contributed by atoms with Crippen LogP contribution in [0.25, 0.3) is 0 Å². The molecule has 1 fully saturated rings. The molecule has 2 aromatic carbocycles. The first-order chi connectivity index (χ1) is 14.7. The molecule has 0 unspecified atom stereocenters. The van der Waals surface area contributed by atoms with Gasteiger partial charge in [-0.05, 0) is 43.7 Å². The van der Waals surface area contributed by atoms with Crippen molar-refractivity contribution in [1.82, 2.24) is 4.31 Å². The summed E-state index contributed by atoms with van der Waals surface area (Å²) in [5, 5.41) is 2.77. The third-order valence-corrected chi connectivity index (χ3v) is 7.30. The summed E-state index contributed by atoms with van der Waals surface area (Å²) in [7, 11) is -3.89. The lowest BCUT2D eigenvalue weighted by molar-refractivity contribution is 0.0657. The van der Waals surface area contributed by atoms with Gasteiger partial charge >= 0.3 is 0 Å². The third-order valence-electron chi connectivity index (χ3n) is 4.62. The van der Waals surface area contributed by atoms with Crippen LogP contribution in [-0.4, -0.2) is 51.0 Å². The van der Waals surface area contributed by atoms with E-state index in [0.717, 1.165) is 5.56 Å². The number of nitrogens with one attached hydrogen (secondary N) is 1. The highest BCUT2D eigenvalue weighted by Gasteiger charge is 2.30. The van der Waals surface area contributed by atoms with Crippen LogP contribution in [0.1, 0.15) is 29.8 Å². The maximum atomic E-state index is 13.0. The molecular weight excluding hydrogens is 463 g/mol. The van der Waals surface area contributed by atoms with Gasteiger partial charge in [0.15, 0.2) is 0 Å². The summed E-state index contributed by atoms with van der Waals surface area (Å²) in [6.45, 7) is 5.32. The number of nitrogens with zero attached hydrogens (tertiary/aromatic N) is 1. The fraction of sp³-hybridized carbons (Fsp3) is 0.381. The Kier molecular flexibility index (Phi) is 7.96. The Morgan fingerprint density at radius 2 is 1.87 bits per heavy atom. The molecule has 168 valence electrons. The molecular formula is C21H24Cl2N2O5S. The smallest absolute Gasteiger partial charge is 0.257 e. The van der Waals surface area contributed by atoms with Crippen LogP contribution in [0.15, 0.2) is 41.3 Å². The lowest BCUT2D eigenvalue weighted by atomic mass is 10.1. The molecule has 0 aliphatic carbocycles. The van der Waals surface area contributed by atoms with Gasteiger partial charge in [-0.1, -0.05) is 35.3 Å². The first kappa shape index (κ1) is 24.0. The molecule has 1 heterocycles. The molecule has 10 heteroatoms. The second kappa shape index (κ2) is 10.3. The molecule has 1 N–H and O–H groups in total. The van der Waals surface area contributed by atoms with Crippen LogP contribution in [0.4, 0.5) is 5.69 Å². The van der Waals surface area contributed by atoms with Gasteiger partial charge in [0.05, 0.1) is 41.5 Å². The summed E-state index contributed by atoms with van der Waals surface area (Å²) < 4.78 is 38.1. The molecule has 0 aromatic heterocycles. The van der Waals surface area contributed by atoms with E-state index in [4.69, 9.17) is 32.7 Å². The first-order valence-electron chi connectivity index (χ1n) is 9.77. The summed E-state index contributed by atoms with van der Waals surface area (Å²) >= 11 is 12.4. The van der Waals surface area contributed by atoms with Crippen molar-refractivity contribution in [3.05, 3.63) is 57.6 Å². The number of carbonyl (C=O) groups is 1. The SMILES string of the molecule is CC(C)OCc1cccc(NC(=O)c2cc(S(=O)(=O)N3CCOCC3)c(Cl)cc2Cl)c1. The number of carbonyl (C=O) groups excluding carboxylic acids is 1. The summed E-state index contributed by atoms with van der Waals surface area (Å²) in [5.74, 6) is -0.540. The van der Waals surface area contributed by atoms with Crippen LogP contribution in [0, 0.1) is 0 Å². The molecule has 1 aliphatic heterocycles. The van der Waals surface area contributed by atoms with Crippen molar-refractivity contribution in [1.29, 1.82) is 0 Å². The van der Waals surface area contributed by atoms with Crippen molar-refractivity contribution < 1.29 is 22.7 Å². The summed E-state index contributed by atoms with van der Waals surface area (Å²) in [4.78, 5) is 12.7. The van der Waals surface area contributed by atoms with E-state index in [2.05, 4.69) is 5.32 Å². The highest BCUT2D eigenvalue weighted by molar-refractivity contribution is 7.89. The second-order valence-electron chi connectivity index (χ2n) is 7.29. The molecule has 31 heavy (non-hydrogen) atoms. The fourth-order valence-electron chi connectivity index (χ4n) is 3.03. The maximum Gasteiger partial charge on any atom is 0.257 e. The minimum atomic E-state index is -3.89. The Morgan fingerprint density at radius 1 is 1.16 bits per heavy atom. The zero-order valence-electron chi connectivity index (χ0n) is 17.2. The van der Waals surface area contributed by atoms with Crippen molar-refractivity contribution in [2.75, 3.05) is 31.6 Å². The fourth-order valence-corrected chi connectivity index (χ4v) is 5.27. The number of rotatable bonds is 7. The second-order valence-corrected chi connectivity index (χ2v) is 10.0. The van der Waals surface area contributed by atoms with Gasteiger partial charge in [-0.3, -0.25) is 4.79 Å². The Labute approximate surface area is 192 Å². The van der Waals surface area contributed by atoms with Gasteiger partial charge in [-0.15, -0.1) is 0 Å². The molecule has 1 saturated heterocycles. The maximum absolute atomic E-state index is 13.0. The molecule has 0 spiro atoms. The van der Waals surface area contributed by atoms with Gasteiger partial charge in [0.25, 0.3) is 5.91 Å². The minimum Gasteiger partial charge on any atom is -0.379 e. The van der Waals surface area contributed by atoms with E-state index < -0.39 is 15.9 Å². The van der Waals surface area contributed by atoms with Crippen LogP contribution >= 0.6 is 23.2 Å². The number of amides is 1. The zero-order valence-corrected chi connectivity index (χ0v) is 19.6. The standard InChI is InChI=1S/C21H24Cl2N2O5S/c1-14(2)30-13-15-4-3-5-16(10-15)24-21(26)17-11-20(19(23)12-18(17)22)31(27,28)25-6-8-29-9-7-25/h3-5,10-12,14H,6-9,13H2,1-2H3,(H,24,26). The van der Waals surface area contributed by atoms with Crippen LogP contribution in [0.5, 0.6) is 0 Å². The van der Waals surface area contributed by atoms with E-state index in [9.17, 15) is 13.2 Å². The van der Waals surface area contributed by atoms with Crippen LogP contribution in [0.3, 0.4) is 0 Å². The number of ether oxygens (including phenoxy) is 2. The lowest BCUT2D eigenvalue weighted by Crippen LogP contribution is -2.40. The summed E-state index contributed by atoms with van der Waals surface area (Å²) in [5.41, 5.74) is 1.45. The van der Waals surface area contributed by atoms with E-state index in [1.165, 1.54) is 16.4 Å². The molecule has 0 saturated carbocycles. The Morgan fingerprint density at radius 3 is 2.55 bits per heavy atom. The van der Waals surface area contributed by atoms with Crippen molar-refractivity contribution >= 4 is 44.8 Å². The van der Waals surface area contributed by atoms with E-state index in [1.807, 2.05) is 19.9 Å². The van der Waals surface area contributed by atoms with Gasteiger partial charge in [0.1, 0.15) is 4.90 Å². The molecule has 7 nitrogen and oxygen atoms in total. The molecule has 2 aromatic rings. The monoisotopic (exact) mass is 486 g/mol. The Bertz CT molecular complexity index is 1050. The molecule has 1 amide bonds. The summed E-state index contributed by atoms with van der Waals surface area (Å²) in [6.07, 6.45) is 0.0814. The van der Waals surface area contributed by atoms with E-state index in [-0.39, 0.29) is 39.7 Å². The average molecular weight is 487 g/mol. The van der Waals surface area contributed by atoms with Gasteiger partial charge < -0.3 is 14.8 Å². The largest absolute Gasteiger partial charge is 0.379 e. The van der Waals surface area contributed by atoms with Crippen LogP contribution in [-0.2, 0) is 26.1 Å². The number of sulfonamides is 1. The van der Waals surface area contributed by atoms with Crippen LogP contribution < -0.4 is 5.32 Å². The Balaban J connectivity index is 1.85. The Hall–Kier alpha value is -1.68. The zero-order chi connectivity index (χ0) is 22.6. The normalized spacial score (nSPS) is 15.3. The molecule has 0 atom stereocenters. The van der Waals surface area contributed by atoms with E-state index in [0.29, 0.717) is 25.5 Å². The van der Waals surface area contributed by atoms with Gasteiger partial charge in [0.2, 0.25) is 10.0 Å². The third kappa shape index (κ3) is 5.97. The number of benzene rings is 2. The highest BCUT2D eigenvalue weighted by atomic mass is 35.5. The van der Waals surface area contributed by atoms with Gasteiger partial charge in [-0.2, -0.15) is 4.31 Å². The molecule has 3 rings (SSSR count). The molecule has 1 aliphatic rings. The predicted molar refractivity (Wildman–Crippen MR) is 120 cm³/mol. The van der Waals surface area contributed by atoms with Crippen molar-refractivity contribution in [3.8, 4) is 0 Å². The molecule has 0 bridgehead atoms. The lowest BCUT2D eigenvalue weighted by Gasteiger charge is -2.26. The van der Waals surface area contributed by atoms with Crippen molar-refractivity contribution in [3.63, 3.8) is 0 Å². The van der Waals surface area contributed by atoms with Gasteiger partial charge in [0, 0.05) is 18.8 Å². The summed E-state index contributed by atoms with van der Waals surface area (Å²) in [6, 6.07) is 9.70.